The lowest BCUT2D eigenvalue weighted by atomic mass is 10.2. The summed E-state index contributed by atoms with van der Waals surface area (Å²) in [7, 11) is 1.85. The fraction of sp³-hybridized carbons (Fsp3) is 0.800. The Morgan fingerprint density at radius 1 is 1.64 bits per heavy atom. The molecule has 1 aliphatic rings. The van der Waals surface area contributed by atoms with Crippen molar-refractivity contribution in [2.24, 2.45) is 5.92 Å². The highest BCUT2D eigenvalue weighted by atomic mass is 16.5. The fourth-order valence-corrected chi connectivity index (χ4v) is 1.29. The lowest BCUT2D eigenvalue weighted by Crippen LogP contribution is -2.18. The molecular weight excluding hydrogens is 182 g/mol. The lowest BCUT2D eigenvalue weighted by molar-refractivity contribution is -0.140. The van der Waals surface area contributed by atoms with Gasteiger partial charge in [0.1, 0.15) is 0 Å². The second-order valence-corrected chi connectivity index (χ2v) is 3.51. The van der Waals surface area contributed by atoms with Gasteiger partial charge in [-0.25, -0.2) is 0 Å². The van der Waals surface area contributed by atoms with Gasteiger partial charge in [0.2, 0.25) is 5.91 Å². The third kappa shape index (κ3) is 5.56. The summed E-state index contributed by atoms with van der Waals surface area (Å²) in [6, 6.07) is 0. The minimum Gasteiger partial charge on any atom is -0.466 e. The molecular formula is C10H19NO3. The summed E-state index contributed by atoms with van der Waals surface area (Å²) < 4.78 is 4.40. The van der Waals surface area contributed by atoms with E-state index in [-0.39, 0.29) is 11.9 Å². The van der Waals surface area contributed by atoms with Crippen LogP contribution in [0.5, 0.6) is 0 Å². The molecule has 1 amide bonds. The van der Waals surface area contributed by atoms with Crippen LogP contribution in [0, 0.1) is 5.92 Å². The average Bonchev–Trinajstić information content (AvgIpc) is 2.30. The maximum Gasteiger partial charge on any atom is 0.302 e. The van der Waals surface area contributed by atoms with Gasteiger partial charge in [-0.3, -0.25) is 9.59 Å². The molecule has 4 nitrogen and oxygen atoms in total. The summed E-state index contributed by atoms with van der Waals surface area (Å²) in [6.07, 6.45) is 0.747. The fourth-order valence-electron chi connectivity index (χ4n) is 1.29. The van der Waals surface area contributed by atoms with E-state index >= 15 is 0 Å². The number of esters is 1. The molecule has 0 unspecified atom stereocenters. The van der Waals surface area contributed by atoms with Gasteiger partial charge in [0, 0.05) is 26.9 Å². The standard InChI is InChI=1S/C6H11NO.C4H8O2/c1-5-3-6(8)7(2)4-5;1-3-6-4(2)5/h5H,3-4H2,1-2H3;3H2,1-2H3/t5-;/m0./s1. The second kappa shape index (κ2) is 6.40. The quantitative estimate of drug-likeness (QED) is 0.596. The highest BCUT2D eigenvalue weighted by molar-refractivity contribution is 5.78. The van der Waals surface area contributed by atoms with E-state index in [1.807, 2.05) is 7.05 Å². The Morgan fingerprint density at radius 2 is 2.21 bits per heavy atom. The van der Waals surface area contributed by atoms with E-state index in [4.69, 9.17) is 0 Å². The number of likely N-dealkylation sites (tertiary alicyclic amines) is 1. The molecule has 0 aromatic heterocycles. The summed E-state index contributed by atoms with van der Waals surface area (Å²) in [6.45, 7) is 6.69. The Bertz CT molecular complexity index is 204. The maximum absolute atomic E-state index is 10.7. The molecule has 0 radical (unpaired) electrons. The van der Waals surface area contributed by atoms with Crippen LogP contribution in [0.3, 0.4) is 0 Å². The van der Waals surface area contributed by atoms with Crippen molar-refractivity contribution in [1.82, 2.24) is 4.90 Å². The molecule has 4 heteroatoms. The molecule has 1 rings (SSSR count). The summed E-state index contributed by atoms with van der Waals surface area (Å²) in [5, 5.41) is 0. The van der Waals surface area contributed by atoms with Crippen LogP contribution in [0.25, 0.3) is 0 Å². The molecule has 0 spiro atoms. The van der Waals surface area contributed by atoms with Crippen molar-refractivity contribution in [2.75, 3.05) is 20.2 Å². The van der Waals surface area contributed by atoms with Crippen LogP contribution >= 0.6 is 0 Å². The highest BCUT2D eigenvalue weighted by Crippen LogP contribution is 2.13. The first kappa shape index (κ1) is 12.9. The first-order chi connectivity index (χ1) is 6.47. The molecule has 1 atom stereocenters. The molecule has 0 saturated carbocycles. The number of nitrogens with zero attached hydrogens (tertiary/aromatic N) is 1. The predicted molar refractivity (Wildman–Crippen MR) is 53.7 cm³/mol. The number of rotatable bonds is 1. The molecule has 14 heavy (non-hydrogen) atoms. The van der Waals surface area contributed by atoms with Crippen LogP contribution in [0.15, 0.2) is 0 Å². The third-order valence-corrected chi connectivity index (χ3v) is 1.88. The maximum atomic E-state index is 10.7. The molecule has 1 saturated heterocycles. The molecule has 1 fully saturated rings. The van der Waals surface area contributed by atoms with Crippen LogP contribution in [-0.4, -0.2) is 37.0 Å². The van der Waals surface area contributed by atoms with E-state index in [1.54, 1.807) is 11.8 Å². The normalized spacial score (nSPS) is 20.1. The number of hydrogen-bond acceptors (Lipinski definition) is 3. The first-order valence-corrected chi connectivity index (χ1v) is 4.84. The molecule has 0 N–H and O–H groups in total. The van der Waals surface area contributed by atoms with E-state index in [1.165, 1.54) is 6.92 Å². The van der Waals surface area contributed by atoms with Gasteiger partial charge in [-0.1, -0.05) is 6.92 Å². The van der Waals surface area contributed by atoms with Crippen molar-refractivity contribution in [3.8, 4) is 0 Å². The summed E-state index contributed by atoms with van der Waals surface area (Å²) in [5.74, 6) is 0.655. The summed E-state index contributed by atoms with van der Waals surface area (Å²) in [4.78, 5) is 22.3. The SMILES string of the molecule is CCOC(C)=O.C[C@H]1CC(=O)N(C)C1. The van der Waals surface area contributed by atoms with Gasteiger partial charge < -0.3 is 9.64 Å². The number of carbonyl (C=O) groups is 2. The molecule has 82 valence electrons. The molecule has 1 heterocycles. The topological polar surface area (TPSA) is 46.6 Å². The van der Waals surface area contributed by atoms with Gasteiger partial charge in [-0.2, -0.15) is 0 Å². The van der Waals surface area contributed by atoms with E-state index in [9.17, 15) is 9.59 Å². The number of hydrogen-bond donors (Lipinski definition) is 0. The van der Waals surface area contributed by atoms with Crippen molar-refractivity contribution >= 4 is 11.9 Å². The zero-order valence-corrected chi connectivity index (χ0v) is 9.37. The zero-order chi connectivity index (χ0) is 11.1. The predicted octanol–water partition coefficient (Wildman–Crippen LogP) is 1.05. The van der Waals surface area contributed by atoms with Crippen LogP contribution < -0.4 is 0 Å². The smallest absolute Gasteiger partial charge is 0.302 e. The summed E-state index contributed by atoms with van der Waals surface area (Å²) in [5.41, 5.74) is 0. The van der Waals surface area contributed by atoms with E-state index < -0.39 is 0 Å². The Hall–Kier alpha value is -1.06. The third-order valence-electron chi connectivity index (χ3n) is 1.88. The minimum atomic E-state index is -0.211. The van der Waals surface area contributed by atoms with Gasteiger partial charge in [0.25, 0.3) is 0 Å². The van der Waals surface area contributed by atoms with Crippen molar-refractivity contribution in [1.29, 1.82) is 0 Å². The highest BCUT2D eigenvalue weighted by Gasteiger charge is 2.22. The minimum absolute atomic E-state index is 0.211. The van der Waals surface area contributed by atoms with Gasteiger partial charge >= 0.3 is 5.97 Å². The molecule has 1 aliphatic heterocycles. The van der Waals surface area contributed by atoms with Gasteiger partial charge in [0.15, 0.2) is 0 Å². The Balaban J connectivity index is 0.000000255. The largest absolute Gasteiger partial charge is 0.466 e. The summed E-state index contributed by atoms with van der Waals surface area (Å²) >= 11 is 0. The first-order valence-electron chi connectivity index (χ1n) is 4.84. The van der Waals surface area contributed by atoms with E-state index in [2.05, 4.69) is 11.7 Å². The van der Waals surface area contributed by atoms with Crippen LogP contribution in [-0.2, 0) is 14.3 Å². The van der Waals surface area contributed by atoms with Crippen LogP contribution in [0.1, 0.15) is 27.2 Å². The number of carbonyl (C=O) groups excluding carboxylic acids is 2. The number of amides is 1. The van der Waals surface area contributed by atoms with Crippen LogP contribution in [0.2, 0.25) is 0 Å². The average molecular weight is 201 g/mol. The van der Waals surface area contributed by atoms with Gasteiger partial charge in [-0.15, -0.1) is 0 Å². The zero-order valence-electron chi connectivity index (χ0n) is 9.37. The molecule has 0 aliphatic carbocycles. The van der Waals surface area contributed by atoms with Gasteiger partial charge in [-0.05, 0) is 12.8 Å². The van der Waals surface area contributed by atoms with Gasteiger partial charge in [0.05, 0.1) is 6.61 Å². The molecule has 0 bridgehead atoms. The van der Waals surface area contributed by atoms with E-state index in [0.29, 0.717) is 12.5 Å². The second-order valence-electron chi connectivity index (χ2n) is 3.51. The number of ether oxygens (including phenoxy) is 1. The van der Waals surface area contributed by atoms with Crippen LogP contribution in [0.4, 0.5) is 0 Å². The molecule has 0 aromatic carbocycles. The Morgan fingerprint density at radius 3 is 2.29 bits per heavy atom. The van der Waals surface area contributed by atoms with Crippen molar-refractivity contribution < 1.29 is 14.3 Å². The van der Waals surface area contributed by atoms with Crippen molar-refractivity contribution in [3.05, 3.63) is 0 Å². The van der Waals surface area contributed by atoms with Crippen molar-refractivity contribution in [2.45, 2.75) is 27.2 Å². The Labute approximate surface area is 85.2 Å². The lowest BCUT2D eigenvalue weighted by Gasteiger charge is -2.04. The van der Waals surface area contributed by atoms with E-state index in [0.717, 1.165) is 13.0 Å². The molecule has 0 aromatic rings. The van der Waals surface area contributed by atoms with Crippen molar-refractivity contribution in [3.63, 3.8) is 0 Å². The monoisotopic (exact) mass is 201 g/mol. The Kier molecular flexibility index (Phi) is 5.92.